The van der Waals surface area contributed by atoms with Gasteiger partial charge in [0.05, 0.1) is 29.7 Å². The maximum Gasteiger partial charge on any atom is 0.170 e. The van der Waals surface area contributed by atoms with E-state index in [1.54, 1.807) is 6.20 Å². The maximum atomic E-state index is 5.71. The molecule has 0 saturated carbocycles. The Balaban J connectivity index is 1.81. The zero-order valence-electron chi connectivity index (χ0n) is 15.5. The summed E-state index contributed by atoms with van der Waals surface area (Å²) in [7, 11) is 0. The van der Waals surface area contributed by atoms with Gasteiger partial charge in [-0.3, -0.25) is 9.97 Å². The number of nitrogens with one attached hydrogen (secondary N) is 1. The van der Waals surface area contributed by atoms with E-state index in [4.69, 9.17) is 12.2 Å². The second-order valence-corrected chi connectivity index (χ2v) is 7.57. The van der Waals surface area contributed by atoms with Gasteiger partial charge in [-0.25, -0.2) is 0 Å². The summed E-state index contributed by atoms with van der Waals surface area (Å²) < 4.78 is 2.19. The first-order chi connectivity index (χ1) is 13.1. The predicted molar refractivity (Wildman–Crippen MR) is 111 cm³/mol. The molecule has 0 unspecified atom stereocenters. The zero-order chi connectivity index (χ0) is 18.8. The van der Waals surface area contributed by atoms with Crippen molar-refractivity contribution in [2.75, 3.05) is 6.54 Å². The highest BCUT2D eigenvalue weighted by molar-refractivity contribution is 7.80. The fourth-order valence-corrected chi connectivity index (χ4v) is 4.00. The molecule has 4 rings (SSSR count). The topological polar surface area (TPSA) is 46.0 Å². The number of nitrogens with zero attached hydrogens (tertiary/aromatic N) is 4. The van der Waals surface area contributed by atoms with Gasteiger partial charge in [0.1, 0.15) is 0 Å². The van der Waals surface area contributed by atoms with Crippen molar-refractivity contribution < 1.29 is 0 Å². The second kappa shape index (κ2) is 7.48. The molecule has 0 radical (unpaired) electrons. The molecule has 3 aromatic heterocycles. The van der Waals surface area contributed by atoms with Crippen molar-refractivity contribution in [2.45, 2.75) is 25.9 Å². The molecular weight excluding hydrogens is 354 g/mol. The van der Waals surface area contributed by atoms with Crippen LogP contribution in [0.15, 0.2) is 67.3 Å². The van der Waals surface area contributed by atoms with Gasteiger partial charge in [0.2, 0.25) is 0 Å². The van der Waals surface area contributed by atoms with Crippen molar-refractivity contribution in [3.8, 4) is 5.69 Å². The Labute approximate surface area is 165 Å². The second-order valence-electron chi connectivity index (χ2n) is 7.19. The van der Waals surface area contributed by atoms with E-state index in [0.717, 1.165) is 23.0 Å². The number of hydrogen-bond donors (Lipinski definition) is 1. The van der Waals surface area contributed by atoms with Crippen LogP contribution in [0, 0.1) is 5.92 Å². The summed E-state index contributed by atoms with van der Waals surface area (Å²) in [5, 5.41) is 4.29. The fraction of sp³-hybridized carbons (Fsp3) is 0.286. The van der Waals surface area contributed by atoms with Crippen LogP contribution in [-0.4, -0.2) is 31.1 Å². The summed E-state index contributed by atoms with van der Waals surface area (Å²) >= 11 is 5.71. The Morgan fingerprint density at radius 3 is 2.70 bits per heavy atom. The Morgan fingerprint density at radius 2 is 2.00 bits per heavy atom. The van der Waals surface area contributed by atoms with Crippen LogP contribution < -0.4 is 5.32 Å². The number of rotatable bonds is 5. The van der Waals surface area contributed by atoms with Gasteiger partial charge in [-0.1, -0.05) is 19.9 Å². The lowest BCUT2D eigenvalue weighted by Crippen LogP contribution is -2.33. The first-order valence-electron chi connectivity index (χ1n) is 9.21. The van der Waals surface area contributed by atoms with E-state index in [-0.39, 0.29) is 12.1 Å². The lowest BCUT2D eigenvalue weighted by Gasteiger charge is -2.30. The largest absolute Gasteiger partial charge is 0.352 e. The van der Waals surface area contributed by atoms with Gasteiger partial charge < -0.3 is 14.8 Å². The third-order valence-electron chi connectivity index (χ3n) is 4.77. The van der Waals surface area contributed by atoms with Gasteiger partial charge >= 0.3 is 0 Å². The smallest absolute Gasteiger partial charge is 0.170 e. The predicted octanol–water partition coefficient (Wildman–Crippen LogP) is 3.90. The fourth-order valence-electron chi connectivity index (χ4n) is 3.68. The third kappa shape index (κ3) is 3.45. The number of aromatic nitrogens is 3. The van der Waals surface area contributed by atoms with Crippen molar-refractivity contribution in [3.05, 3.63) is 78.6 Å². The minimum atomic E-state index is 0.00257. The summed E-state index contributed by atoms with van der Waals surface area (Å²) in [6.45, 7) is 5.32. The molecule has 0 aliphatic carbocycles. The van der Waals surface area contributed by atoms with Gasteiger partial charge in [-0.2, -0.15) is 0 Å². The van der Waals surface area contributed by atoms with Gasteiger partial charge in [-0.05, 0) is 54.5 Å². The summed E-state index contributed by atoms with van der Waals surface area (Å²) in [4.78, 5) is 11.2. The van der Waals surface area contributed by atoms with Crippen LogP contribution in [-0.2, 0) is 0 Å². The summed E-state index contributed by atoms with van der Waals surface area (Å²) in [5.74, 6) is 0.497. The Kier molecular flexibility index (Phi) is 4.90. The van der Waals surface area contributed by atoms with Gasteiger partial charge in [0.25, 0.3) is 0 Å². The minimum Gasteiger partial charge on any atom is -0.352 e. The van der Waals surface area contributed by atoms with Crippen LogP contribution >= 0.6 is 12.2 Å². The molecule has 27 heavy (non-hydrogen) atoms. The first-order valence-corrected chi connectivity index (χ1v) is 9.61. The van der Waals surface area contributed by atoms with Crippen molar-refractivity contribution in [2.24, 2.45) is 5.92 Å². The highest BCUT2D eigenvalue weighted by Crippen LogP contribution is 2.39. The van der Waals surface area contributed by atoms with E-state index in [9.17, 15) is 0 Å². The molecule has 1 aliphatic heterocycles. The zero-order valence-corrected chi connectivity index (χ0v) is 16.3. The average molecular weight is 378 g/mol. The van der Waals surface area contributed by atoms with Crippen LogP contribution in [0.5, 0.6) is 0 Å². The van der Waals surface area contributed by atoms with E-state index in [1.807, 2.05) is 30.6 Å². The number of hydrogen-bond acceptors (Lipinski definition) is 3. The van der Waals surface area contributed by atoms with Crippen LogP contribution in [0.4, 0.5) is 0 Å². The third-order valence-corrected chi connectivity index (χ3v) is 5.12. The highest BCUT2D eigenvalue weighted by atomic mass is 32.1. The Morgan fingerprint density at radius 1 is 1.11 bits per heavy atom. The van der Waals surface area contributed by atoms with E-state index < -0.39 is 0 Å². The van der Waals surface area contributed by atoms with Gasteiger partial charge in [-0.15, -0.1) is 0 Å². The Hall–Kier alpha value is -2.73. The van der Waals surface area contributed by atoms with Crippen LogP contribution in [0.2, 0.25) is 0 Å². The minimum absolute atomic E-state index is 0.00257. The van der Waals surface area contributed by atoms with Gasteiger partial charge in [0.15, 0.2) is 5.11 Å². The lowest BCUT2D eigenvalue weighted by molar-refractivity contribution is 0.280. The maximum absolute atomic E-state index is 5.71. The molecule has 3 aromatic rings. The number of pyridine rings is 2. The van der Waals surface area contributed by atoms with Crippen LogP contribution in [0.25, 0.3) is 5.69 Å². The molecule has 0 spiro atoms. The van der Waals surface area contributed by atoms with Crippen molar-refractivity contribution in [1.82, 2.24) is 24.8 Å². The monoisotopic (exact) mass is 377 g/mol. The van der Waals surface area contributed by atoms with E-state index in [2.05, 4.69) is 69.1 Å². The molecule has 1 aliphatic rings. The SMILES string of the molecule is CC(C)CN1C(=S)N[C@H](c2ccccn2)[C@@H]1c1cccn1-c1cccnc1. The van der Waals surface area contributed by atoms with Crippen LogP contribution in [0.1, 0.15) is 37.3 Å². The molecule has 0 bridgehead atoms. The molecule has 1 fully saturated rings. The molecule has 6 heteroatoms. The standard InChI is InChI=1S/C21H23N5S/c1-15(2)14-26-20(19(24-21(26)27)17-8-3-4-11-23-17)18-9-6-12-25(18)16-7-5-10-22-13-16/h3-13,15,19-20H,14H2,1-2H3,(H,24,27)/t19-,20+/m1/s1. The average Bonchev–Trinajstić information content (AvgIpc) is 3.28. The highest BCUT2D eigenvalue weighted by Gasteiger charge is 2.41. The molecule has 138 valence electrons. The molecule has 0 amide bonds. The lowest BCUT2D eigenvalue weighted by atomic mass is 10.0. The molecule has 0 aromatic carbocycles. The molecule has 1 N–H and O–H groups in total. The van der Waals surface area contributed by atoms with E-state index >= 15 is 0 Å². The molecule has 4 heterocycles. The summed E-state index contributed by atoms with van der Waals surface area (Å²) in [5.41, 5.74) is 3.21. The normalized spacial score (nSPS) is 19.5. The van der Waals surface area contributed by atoms with Gasteiger partial charge in [0, 0.05) is 30.8 Å². The molecule has 5 nitrogen and oxygen atoms in total. The summed E-state index contributed by atoms with van der Waals surface area (Å²) in [6, 6.07) is 14.4. The van der Waals surface area contributed by atoms with E-state index in [1.165, 1.54) is 5.69 Å². The quantitative estimate of drug-likeness (QED) is 0.684. The van der Waals surface area contributed by atoms with Crippen molar-refractivity contribution in [1.29, 1.82) is 0 Å². The molecule has 2 atom stereocenters. The summed E-state index contributed by atoms with van der Waals surface area (Å²) in [6.07, 6.45) is 7.59. The first kappa shape index (κ1) is 17.7. The van der Waals surface area contributed by atoms with E-state index in [0.29, 0.717) is 5.92 Å². The van der Waals surface area contributed by atoms with Crippen molar-refractivity contribution in [3.63, 3.8) is 0 Å². The number of thiocarbonyl (C=S) groups is 1. The van der Waals surface area contributed by atoms with Crippen LogP contribution in [0.3, 0.4) is 0 Å². The molecule has 1 saturated heterocycles. The molecular formula is C21H23N5S. The van der Waals surface area contributed by atoms with Crippen molar-refractivity contribution >= 4 is 17.3 Å². The Bertz CT molecular complexity index is 907.